The van der Waals surface area contributed by atoms with Crippen molar-refractivity contribution in [3.05, 3.63) is 5.82 Å². The number of thioether (sulfide) groups is 1. The number of esters is 1. The van der Waals surface area contributed by atoms with Crippen LogP contribution in [0, 0.1) is 0 Å². The summed E-state index contributed by atoms with van der Waals surface area (Å²) in [7, 11) is 0. The molecule has 0 aliphatic carbocycles. The van der Waals surface area contributed by atoms with E-state index in [2.05, 4.69) is 22.1 Å². The molecule has 16 heavy (non-hydrogen) atoms. The minimum absolute atomic E-state index is 0.207. The van der Waals surface area contributed by atoms with Crippen molar-refractivity contribution in [3.63, 3.8) is 0 Å². The average molecular weight is 243 g/mol. The number of aromatic amines is 1. The van der Waals surface area contributed by atoms with Crippen molar-refractivity contribution in [2.45, 2.75) is 38.3 Å². The van der Waals surface area contributed by atoms with Crippen LogP contribution >= 0.6 is 11.8 Å². The molecular weight excluding hydrogens is 226 g/mol. The van der Waals surface area contributed by atoms with E-state index in [0.29, 0.717) is 11.8 Å². The molecule has 0 unspecified atom stereocenters. The molecule has 0 saturated carbocycles. The monoisotopic (exact) mass is 243 g/mol. The summed E-state index contributed by atoms with van der Waals surface area (Å²) in [5.41, 5.74) is 0. The third-order valence-corrected chi connectivity index (χ3v) is 2.75. The average Bonchev–Trinajstić information content (AvgIpc) is 2.74. The highest BCUT2D eigenvalue weighted by Crippen LogP contribution is 2.12. The first-order chi connectivity index (χ1) is 7.76. The zero-order chi connectivity index (χ0) is 11.8. The molecule has 0 aliphatic rings. The van der Waals surface area contributed by atoms with E-state index >= 15 is 0 Å². The molecule has 5 nitrogen and oxygen atoms in total. The van der Waals surface area contributed by atoms with Gasteiger partial charge in [0, 0.05) is 6.42 Å². The Morgan fingerprint density at radius 3 is 2.94 bits per heavy atom. The molecule has 0 spiro atoms. The van der Waals surface area contributed by atoms with Crippen molar-refractivity contribution in [1.82, 2.24) is 15.2 Å². The fourth-order valence-corrected chi connectivity index (χ4v) is 1.61. The number of H-pyrrole nitrogens is 1. The van der Waals surface area contributed by atoms with Crippen LogP contribution in [0.4, 0.5) is 0 Å². The maximum absolute atomic E-state index is 11.3. The quantitative estimate of drug-likeness (QED) is 0.449. The highest BCUT2D eigenvalue weighted by Gasteiger charge is 2.07. The molecule has 0 atom stereocenters. The summed E-state index contributed by atoms with van der Waals surface area (Å²) in [6, 6.07) is 0. The normalized spacial score (nSPS) is 10.4. The lowest BCUT2D eigenvalue weighted by atomic mass is 10.4. The minimum atomic E-state index is -0.207. The Morgan fingerprint density at radius 1 is 1.50 bits per heavy atom. The Morgan fingerprint density at radius 2 is 2.31 bits per heavy atom. The smallest absolute Gasteiger partial charge is 0.316 e. The lowest BCUT2D eigenvalue weighted by Crippen LogP contribution is -2.08. The van der Waals surface area contributed by atoms with Gasteiger partial charge in [0.25, 0.3) is 0 Å². The second-order valence-electron chi connectivity index (χ2n) is 3.28. The predicted octanol–water partition coefficient (Wildman–Crippen LogP) is 1.80. The molecule has 90 valence electrons. The highest BCUT2D eigenvalue weighted by molar-refractivity contribution is 7.99. The molecule has 1 rings (SSSR count). The maximum Gasteiger partial charge on any atom is 0.316 e. The van der Waals surface area contributed by atoms with Gasteiger partial charge in [0.1, 0.15) is 5.82 Å². The van der Waals surface area contributed by atoms with Gasteiger partial charge in [0.2, 0.25) is 5.16 Å². The Hall–Kier alpha value is -1.04. The van der Waals surface area contributed by atoms with E-state index in [1.165, 1.54) is 11.8 Å². The number of aromatic nitrogens is 3. The van der Waals surface area contributed by atoms with Crippen molar-refractivity contribution < 1.29 is 9.53 Å². The van der Waals surface area contributed by atoms with Crippen molar-refractivity contribution in [3.8, 4) is 0 Å². The third kappa shape index (κ3) is 4.65. The van der Waals surface area contributed by atoms with Gasteiger partial charge in [-0.2, -0.15) is 0 Å². The number of carbonyl (C=O) groups excluding carboxylic acids is 1. The topological polar surface area (TPSA) is 67.9 Å². The molecule has 0 aliphatic heterocycles. The molecule has 1 heterocycles. The van der Waals surface area contributed by atoms with Crippen LogP contribution in [0.3, 0.4) is 0 Å². The van der Waals surface area contributed by atoms with Gasteiger partial charge in [-0.05, 0) is 6.42 Å². The van der Waals surface area contributed by atoms with Crippen LogP contribution in [-0.2, 0) is 16.0 Å². The van der Waals surface area contributed by atoms with Gasteiger partial charge in [0.05, 0.1) is 12.4 Å². The summed E-state index contributed by atoms with van der Waals surface area (Å²) >= 11 is 1.29. The standard InChI is InChI=1S/C10H17N3O2S/c1-3-5-6-15-9(14)7-16-10-11-8(4-2)12-13-10/h3-7H2,1-2H3,(H,11,12,13). The number of nitrogens with zero attached hydrogens (tertiary/aromatic N) is 2. The maximum atomic E-state index is 11.3. The molecule has 0 aromatic carbocycles. The number of aryl methyl sites for hydroxylation is 1. The number of rotatable bonds is 7. The van der Waals surface area contributed by atoms with Crippen molar-refractivity contribution in [2.24, 2.45) is 0 Å². The van der Waals surface area contributed by atoms with Crippen LogP contribution in [0.1, 0.15) is 32.5 Å². The number of unbranched alkanes of at least 4 members (excludes halogenated alkanes) is 1. The molecule has 0 saturated heterocycles. The van der Waals surface area contributed by atoms with Crippen LogP contribution in [0.25, 0.3) is 0 Å². The Labute approximate surface area is 99.4 Å². The minimum Gasteiger partial charge on any atom is -0.465 e. The van der Waals surface area contributed by atoms with E-state index in [1.807, 2.05) is 6.92 Å². The lowest BCUT2D eigenvalue weighted by Gasteiger charge is -2.01. The SMILES string of the molecule is CCCCOC(=O)CSc1n[nH]c(CC)n1. The van der Waals surface area contributed by atoms with Crippen molar-refractivity contribution >= 4 is 17.7 Å². The molecular formula is C10H17N3O2S. The zero-order valence-electron chi connectivity index (χ0n) is 9.65. The van der Waals surface area contributed by atoms with Crippen LogP contribution < -0.4 is 0 Å². The molecule has 0 fully saturated rings. The van der Waals surface area contributed by atoms with Crippen LogP contribution in [0.2, 0.25) is 0 Å². The van der Waals surface area contributed by atoms with Gasteiger partial charge in [-0.3, -0.25) is 9.89 Å². The second kappa shape index (κ2) is 7.27. The number of carbonyl (C=O) groups is 1. The van der Waals surface area contributed by atoms with Gasteiger partial charge < -0.3 is 4.74 Å². The van der Waals surface area contributed by atoms with E-state index in [0.717, 1.165) is 25.1 Å². The molecule has 0 amide bonds. The predicted molar refractivity (Wildman–Crippen MR) is 62.4 cm³/mol. The van der Waals surface area contributed by atoms with Crippen LogP contribution in [0.15, 0.2) is 5.16 Å². The summed E-state index contributed by atoms with van der Waals surface area (Å²) in [6.07, 6.45) is 2.76. The molecule has 6 heteroatoms. The highest BCUT2D eigenvalue weighted by atomic mass is 32.2. The summed E-state index contributed by atoms with van der Waals surface area (Å²) in [6.45, 7) is 4.56. The fraction of sp³-hybridized carbons (Fsp3) is 0.700. The molecule has 1 aromatic heterocycles. The Kier molecular flexibility index (Phi) is 5.92. The van der Waals surface area contributed by atoms with Gasteiger partial charge in [-0.1, -0.05) is 32.0 Å². The van der Waals surface area contributed by atoms with E-state index < -0.39 is 0 Å². The third-order valence-electron chi connectivity index (χ3n) is 1.93. The van der Waals surface area contributed by atoms with Crippen molar-refractivity contribution in [2.75, 3.05) is 12.4 Å². The Balaban J connectivity index is 2.20. The van der Waals surface area contributed by atoms with E-state index in [-0.39, 0.29) is 11.7 Å². The van der Waals surface area contributed by atoms with Gasteiger partial charge in [0.15, 0.2) is 0 Å². The van der Waals surface area contributed by atoms with E-state index in [4.69, 9.17) is 4.74 Å². The molecule has 1 aromatic rings. The number of nitrogens with one attached hydrogen (secondary N) is 1. The first-order valence-corrected chi connectivity index (χ1v) is 6.44. The summed E-state index contributed by atoms with van der Waals surface area (Å²) < 4.78 is 5.01. The first kappa shape index (κ1) is 13.0. The molecule has 0 bridgehead atoms. The van der Waals surface area contributed by atoms with Gasteiger partial charge in [-0.15, -0.1) is 5.10 Å². The fourth-order valence-electron chi connectivity index (χ4n) is 0.996. The Bertz CT molecular complexity index is 328. The second-order valence-corrected chi connectivity index (χ2v) is 4.22. The summed E-state index contributed by atoms with van der Waals surface area (Å²) in [5.74, 6) is 0.896. The van der Waals surface area contributed by atoms with Gasteiger partial charge >= 0.3 is 5.97 Å². The molecule has 1 N–H and O–H groups in total. The number of hydrogen-bond acceptors (Lipinski definition) is 5. The van der Waals surface area contributed by atoms with Crippen LogP contribution in [0.5, 0.6) is 0 Å². The van der Waals surface area contributed by atoms with E-state index in [9.17, 15) is 4.79 Å². The van der Waals surface area contributed by atoms with Crippen LogP contribution in [-0.4, -0.2) is 33.5 Å². The zero-order valence-corrected chi connectivity index (χ0v) is 10.5. The molecule has 0 radical (unpaired) electrons. The number of hydrogen-bond donors (Lipinski definition) is 1. The largest absolute Gasteiger partial charge is 0.465 e. The summed E-state index contributed by atoms with van der Waals surface area (Å²) in [5, 5.41) is 7.37. The first-order valence-electron chi connectivity index (χ1n) is 5.46. The van der Waals surface area contributed by atoms with Crippen molar-refractivity contribution in [1.29, 1.82) is 0 Å². The number of ether oxygens (including phenoxy) is 1. The lowest BCUT2D eigenvalue weighted by molar-refractivity contribution is -0.140. The van der Waals surface area contributed by atoms with E-state index in [1.54, 1.807) is 0 Å². The summed E-state index contributed by atoms with van der Waals surface area (Å²) in [4.78, 5) is 15.4. The van der Waals surface area contributed by atoms with Gasteiger partial charge in [-0.25, -0.2) is 4.98 Å².